The van der Waals surface area contributed by atoms with E-state index in [0.717, 1.165) is 11.4 Å². The number of fused-ring (bicyclic) bond motifs is 9. The predicted molar refractivity (Wildman–Crippen MR) is 206 cm³/mol. The molecule has 0 amide bonds. The number of thiophene rings is 1. The molecule has 0 fully saturated rings. The van der Waals surface area contributed by atoms with Crippen molar-refractivity contribution in [1.82, 2.24) is 4.57 Å². The summed E-state index contributed by atoms with van der Waals surface area (Å²) in [6.07, 6.45) is 0. The van der Waals surface area contributed by atoms with E-state index in [0.29, 0.717) is 0 Å². The van der Waals surface area contributed by atoms with E-state index in [2.05, 4.69) is 181 Å². The first kappa shape index (κ1) is 27.5. The van der Waals surface area contributed by atoms with E-state index in [4.69, 9.17) is 0 Å². The highest BCUT2D eigenvalue weighted by atomic mass is 32.1. The molecule has 2 nitrogen and oxygen atoms in total. The zero-order valence-electron chi connectivity index (χ0n) is 26.8. The highest BCUT2D eigenvalue weighted by Gasteiger charge is 2.35. The molecule has 9 aromatic rings. The molecule has 0 radical (unpaired) electrons. The third kappa shape index (κ3) is 3.92. The van der Waals surface area contributed by atoms with Crippen LogP contribution in [0.3, 0.4) is 0 Å². The van der Waals surface area contributed by atoms with E-state index in [1.54, 1.807) is 0 Å². The van der Waals surface area contributed by atoms with Crippen molar-refractivity contribution in [2.75, 3.05) is 4.90 Å². The number of aromatic nitrogens is 1. The Hall–Kier alpha value is -5.64. The quantitative estimate of drug-likeness (QED) is 0.187. The molecule has 2 heterocycles. The third-order valence-electron chi connectivity index (χ3n) is 10.4. The van der Waals surface area contributed by atoms with Gasteiger partial charge in [0.15, 0.2) is 0 Å². The lowest BCUT2D eigenvalue weighted by Crippen LogP contribution is -2.16. The molecule has 0 atom stereocenters. The summed E-state index contributed by atoms with van der Waals surface area (Å²) in [6.45, 7) is 4.70. The highest BCUT2D eigenvalue weighted by molar-refractivity contribution is 7.25. The van der Waals surface area contributed by atoms with Gasteiger partial charge in [-0.1, -0.05) is 111 Å². The molecule has 1 aliphatic carbocycles. The van der Waals surface area contributed by atoms with Gasteiger partial charge in [0.05, 0.1) is 11.0 Å². The van der Waals surface area contributed by atoms with Crippen LogP contribution in [0.25, 0.3) is 58.8 Å². The van der Waals surface area contributed by atoms with Gasteiger partial charge in [0, 0.05) is 59.1 Å². The summed E-state index contributed by atoms with van der Waals surface area (Å²) in [5.41, 5.74) is 12.6. The second kappa shape index (κ2) is 10.2. The highest BCUT2D eigenvalue weighted by Crippen LogP contribution is 2.51. The Kier molecular flexibility index (Phi) is 5.82. The maximum Gasteiger partial charge on any atom is 0.0541 e. The van der Waals surface area contributed by atoms with Crippen LogP contribution in [0.15, 0.2) is 158 Å². The average molecular weight is 633 g/mol. The number of hydrogen-bond donors (Lipinski definition) is 0. The molecule has 0 unspecified atom stereocenters. The summed E-state index contributed by atoms with van der Waals surface area (Å²) in [5.74, 6) is 0. The number of para-hydroxylation sites is 3. The molecular weight excluding hydrogens is 601 g/mol. The first-order valence-electron chi connectivity index (χ1n) is 16.6. The normalized spacial score (nSPS) is 13.4. The number of benzene rings is 7. The summed E-state index contributed by atoms with van der Waals surface area (Å²) in [5, 5.41) is 5.17. The molecule has 3 heteroatoms. The lowest BCUT2D eigenvalue weighted by molar-refractivity contribution is 0.660. The maximum atomic E-state index is 2.41. The van der Waals surface area contributed by atoms with Crippen molar-refractivity contribution in [2.45, 2.75) is 19.3 Å². The minimum atomic E-state index is -0.0617. The van der Waals surface area contributed by atoms with Crippen molar-refractivity contribution in [2.24, 2.45) is 0 Å². The summed E-state index contributed by atoms with van der Waals surface area (Å²) < 4.78 is 4.99. The van der Waals surface area contributed by atoms with Gasteiger partial charge in [-0.3, -0.25) is 0 Å². The standard InChI is InChI=1S/C45H32N2S/c1-45(2)39-17-9-6-14-33(39)34-23-20-30(26-40(34)45)46(29-12-4-3-5-13-29)31-21-24-37-38-25-22-32(28-44(38)48-43(37)27-31)47-41-18-10-7-15-35(41)36-16-8-11-19-42(36)47/h3-28H,1-2H3. The molecule has 0 aliphatic heterocycles. The Morgan fingerprint density at radius 1 is 0.458 bits per heavy atom. The Bertz CT molecular complexity index is 2660. The maximum absolute atomic E-state index is 2.41. The van der Waals surface area contributed by atoms with Gasteiger partial charge in [-0.15, -0.1) is 11.3 Å². The van der Waals surface area contributed by atoms with Gasteiger partial charge in [0.1, 0.15) is 0 Å². The van der Waals surface area contributed by atoms with Crippen LogP contribution >= 0.6 is 11.3 Å². The van der Waals surface area contributed by atoms with Gasteiger partial charge in [-0.05, 0) is 82.9 Å². The van der Waals surface area contributed by atoms with Crippen molar-refractivity contribution in [1.29, 1.82) is 0 Å². The van der Waals surface area contributed by atoms with E-state index in [1.165, 1.54) is 75.6 Å². The first-order chi connectivity index (χ1) is 23.6. The molecule has 7 aromatic carbocycles. The average Bonchev–Trinajstić information content (AvgIpc) is 3.74. The van der Waals surface area contributed by atoms with Crippen LogP contribution < -0.4 is 4.90 Å². The SMILES string of the molecule is CC1(C)c2ccccc2-c2ccc(N(c3ccccc3)c3ccc4c(c3)sc3cc(-n5c6ccccc6c6ccccc65)ccc34)cc21. The molecule has 48 heavy (non-hydrogen) atoms. The lowest BCUT2D eigenvalue weighted by atomic mass is 9.82. The van der Waals surface area contributed by atoms with Crippen LogP contribution in [-0.2, 0) is 5.41 Å². The van der Waals surface area contributed by atoms with Gasteiger partial charge in [-0.2, -0.15) is 0 Å². The molecule has 10 rings (SSSR count). The smallest absolute Gasteiger partial charge is 0.0541 e. The summed E-state index contributed by atoms with van der Waals surface area (Å²) >= 11 is 1.88. The van der Waals surface area contributed by atoms with Gasteiger partial charge in [0.25, 0.3) is 0 Å². The Labute approximate surface area is 283 Å². The summed E-state index contributed by atoms with van der Waals surface area (Å²) in [7, 11) is 0. The second-order valence-corrected chi connectivity index (χ2v) is 14.5. The van der Waals surface area contributed by atoms with Crippen LogP contribution in [0.2, 0.25) is 0 Å². The minimum Gasteiger partial charge on any atom is -0.310 e. The van der Waals surface area contributed by atoms with Crippen LogP contribution in [-0.4, -0.2) is 4.57 Å². The van der Waals surface area contributed by atoms with Gasteiger partial charge in [0.2, 0.25) is 0 Å². The van der Waals surface area contributed by atoms with Gasteiger partial charge >= 0.3 is 0 Å². The molecule has 228 valence electrons. The van der Waals surface area contributed by atoms with Crippen LogP contribution in [0.5, 0.6) is 0 Å². The Balaban J connectivity index is 1.12. The zero-order chi connectivity index (χ0) is 32.0. The van der Waals surface area contributed by atoms with E-state index in [9.17, 15) is 0 Å². The summed E-state index contributed by atoms with van der Waals surface area (Å²) in [4.78, 5) is 2.41. The number of anilines is 3. The fourth-order valence-electron chi connectivity index (χ4n) is 8.09. The molecule has 0 spiro atoms. The van der Waals surface area contributed by atoms with Crippen molar-refractivity contribution in [3.63, 3.8) is 0 Å². The molecule has 2 aromatic heterocycles. The van der Waals surface area contributed by atoms with Crippen molar-refractivity contribution >= 4 is 70.4 Å². The molecule has 0 saturated heterocycles. The van der Waals surface area contributed by atoms with E-state index < -0.39 is 0 Å². The molecule has 0 bridgehead atoms. The van der Waals surface area contributed by atoms with Crippen LogP contribution in [0.4, 0.5) is 17.1 Å². The van der Waals surface area contributed by atoms with Crippen LogP contribution in [0, 0.1) is 0 Å². The Morgan fingerprint density at radius 2 is 1.04 bits per heavy atom. The number of nitrogens with zero attached hydrogens (tertiary/aromatic N) is 2. The summed E-state index contributed by atoms with van der Waals surface area (Å²) in [6, 6.07) is 58.0. The topological polar surface area (TPSA) is 8.17 Å². The van der Waals surface area contributed by atoms with Crippen molar-refractivity contribution < 1.29 is 0 Å². The van der Waals surface area contributed by atoms with E-state index in [1.807, 2.05) is 11.3 Å². The largest absolute Gasteiger partial charge is 0.310 e. The lowest BCUT2D eigenvalue weighted by Gasteiger charge is -2.28. The molecule has 1 aliphatic rings. The molecule has 0 saturated carbocycles. The second-order valence-electron chi connectivity index (χ2n) is 13.4. The van der Waals surface area contributed by atoms with Gasteiger partial charge < -0.3 is 9.47 Å². The van der Waals surface area contributed by atoms with Crippen molar-refractivity contribution in [3.05, 3.63) is 169 Å². The van der Waals surface area contributed by atoms with Crippen LogP contribution in [0.1, 0.15) is 25.0 Å². The number of hydrogen-bond acceptors (Lipinski definition) is 2. The first-order valence-corrected chi connectivity index (χ1v) is 17.4. The molecule has 0 N–H and O–H groups in total. The fourth-order valence-corrected chi connectivity index (χ4v) is 9.26. The Morgan fingerprint density at radius 3 is 1.81 bits per heavy atom. The van der Waals surface area contributed by atoms with E-state index in [-0.39, 0.29) is 5.41 Å². The third-order valence-corrected chi connectivity index (χ3v) is 11.5. The predicted octanol–water partition coefficient (Wildman–Crippen LogP) is 12.9. The minimum absolute atomic E-state index is 0.0617. The molecular formula is C45H32N2S. The van der Waals surface area contributed by atoms with Crippen molar-refractivity contribution in [3.8, 4) is 16.8 Å². The fraction of sp³-hybridized carbons (Fsp3) is 0.0667. The zero-order valence-corrected chi connectivity index (χ0v) is 27.6. The monoisotopic (exact) mass is 632 g/mol. The van der Waals surface area contributed by atoms with Gasteiger partial charge in [-0.25, -0.2) is 0 Å². The van der Waals surface area contributed by atoms with E-state index >= 15 is 0 Å². The number of rotatable bonds is 4.